The zero-order valence-electron chi connectivity index (χ0n) is 11.2. The molecule has 3 rings (SSSR count). The molecular formula is C16H16FNO2. The standard InChI is InChI=1S/C16H16FNO2/c1-16(19,12-7-13(17)10-18-9-12)11-3-2-4-15(8-11)20-14-5-6-14/h2-4,7-10,14,19H,5-6H2,1H3. The first-order valence-corrected chi connectivity index (χ1v) is 6.66. The van der Waals surface area contributed by atoms with Crippen molar-refractivity contribution >= 4 is 0 Å². The molecule has 1 aliphatic rings. The SMILES string of the molecule is CC(O)(c1cncc(F)c1)c1cccc(OC2CC2)c1. The maximum Gasteiger partial charge on any atom is 0.141 e. The van der Waals surface area contributed by atoms with Crippen molar-refractivity contribution in [1.82, 2.24) is 4.98 Å². The predicted octanol–water partition coefficient (Wildman–Crippen LogP) is 3.02. The number of hydrogen-bond acceptors (Lipinski definition) is 3. The number of nitrogens with zero attached hydrogens (tertiary/aromatic N) is 1. The van der Waals surface area contributed by atoms with Crippen LogP contribution in [0.4, 0.5) is 4.39 Å². The first-order chi connectivity index (χ1) is 9.55. The van der Waals surface area contributed by atoms with Crippen LogP contribution in [0, 0.1) is 5.82 Å². The number of aromatic nitrogens is 1. The summed E-state index contributed by atoms with van der Waals surface area (Å²) >= 11 is 0. The molecule has 0 saturated heterocycles. The van der Waals surface area contributed by atoms with Gasteiger partial charge in [0.25, 0.3) is 0 Å². The molecular weight excluding hydrogens is 257 g/mol. The molecule has 1 N–H and O–H groups in total. The Labute approximate surface area is 117 Å². The van der Waals surface area contributed by atoms with Crippen LogP contribution in [0.15, 0.2) is 42.7 Å². The Bertz CT molecular complexity index is 623. The Morgan fingerprint density at radius 3 is 2.75 bits per heavy atom. The fourth-order valence-electron chi connectivity index (χ4n) is 2.10. The van der Waals surface area contributed by atoms with Crippen molar-refractivity contribution in [2.24, 2.45) is 0 Å². The van der Waals surface area contributed by atoms with Crippen LogP contribution in [-0.4, -0.2) is 16.2 Å². The van der Waals surface area contributed by atoms with E-state index in [1.54, 1.807) is 19.1 Å². The molecule has 1 fully saturated rings. The number of hydrogen-bond donors (Lipinski definition) is 1. The summed E-state index contributed by atoms with van der Waals surface area (Å²) in [6.45, 7) is 1.62. The van der Waals surface area contributed by atoms with Crippen LogP contribution in [-0.2, 0) is 5.60 Å². The Morgan fingerprint density at radius 1 is 1.25 bits per heavy atom. The van der Waals surface area contributed by atoms with Gasteiger partial charge in [-0.1, -0.05) is 12.1 Å². The minimum absolute atomic E-state index is 0.297. The van der Waals surface area contributed by atoms with Gasteiger partial charge in [0.1, 0.15) is 17.2 Å². The monoisotopic (exact) mass is 273 g/mol. The van der Waals surface area contributed by atoms with E-state index in [1.807, 2.05) is 12.1 Å². The molecule has 1 heterocycles. The number of rotatable bonds is 4. The topological polar surface area (TPSA) is 42.4 Å². The minimum Gasteiger partial charge on any atom is -0.490 e. The van der Waals surface area contributed by atoms with Crippen molar-refractivity contribution in [3.8, 4) is 5.75 Å². The van der Waals surface area contributed by atoms with E-state index >= 15 is 0 Å². The second kappa shape index (κ2) is 4.87. The molecule has 1 aromatic heterocycles. The summed E-state index contributed by atoms with van der Waals surface area (Å²) in [5, 5.41) is 10.7. The first kappa shape index (κ1) is 13.1. The highest BCUT2D eigenvalue weighted by Gasteiger charge is 2.28. The Kier molecular flexibility index (Phi) is 3.18. The van der Waals surface area contributed by atoms with Crippen molar-refractivity contribution in [1.29, 1.82) is 0 Å². The lowest BCUT2D eigenvalue weighted by Crippen LogP contribution is -2.23. The summed E-state index contributed by atoms with van der Waals surface area (Å²) in [6, 6.07) is 8.57. The second-order valence-electron chi connectivity index (χ2n) is 5.31. The van der Waals surface area contributed by atoms with E-state index in [0.717, 1.165) is 24.8 Å². The number of halogens is 1. The van der Waals surface area contributed by atoms with Gasteiger partial charge in [-0.2, -0.15) is 0 Å². The molecule has 2 aromatic rings. The summed E-state index contributed by atoms with van der Waals surface area (Å²) < 4.78 is 19.0. The van der Waals surface area contributed by atoms with Crippen LogP contribution in [0.2, 0.25) is 0 Å². The normalized spacial score (nSPS) is 17.6. The number of aliphatic hydroxyl groups is 1. The van der Waals surface area contributed by atoms with Crippen LogP contribution in [0.25, 0.3) is 0 Å². The molecule has 0 radical (unpaired) electrons. The highest BCUT2D eigenvalue weighted by molar-refractivity contribution is 5.38. The summed E-state index contributed by atoms with van der Waals surface area (Å²) in [5.74, 6) is 0.266. The van der Waals surface area contributed by atoms with Gasteiger partial charge in [0.2, 0.25) is 0 Å². The van der Waals surface area contributed by atoms with Crippen molar-refractivity contribution in [2.75, 3.05) is 0 Å². The summed E-state index contributed by atoms with van der Waals surface area (Å²) in [5.41, 5.74) is -0.234. The summed E-state index contributed by atoms with van der Waals surface area (Å²) in [4.78, 5) is 3.79. The largest absolute Gasteiger partial charge is 0.490 e. The van der Waals surface area contributed by atoms with E-state index in [2.05, 4.69) is 4.98 Å². The van der Waals surface area contributed by atoms with Gasteiger partial charge in [0.05, 0.1) is 12.3 Å². The van der Waals surface area contributed by atoms with Gasteiger partial charge < -0.3 is 9.84 Å². The van der Waals surface area contributed by atoms with E-state index in [0.29, 0.717) is 17.2 Å². The zero-order chi connectivity index (χ0) is 14.2. The van der Waals surface area contributed by atoms with Gasteiger partial charge in [-0.05, 0) is 43.5 Å². The lowest BCUT2D eigenvalue weighted by atomic mass is 9.89. The fourth-order valence-corrected chi connectivity index (χ4v) is 2.10. The number of benzene rings is 1. The predicted molar refractivity (Wildman–Crippen MR) is 73.0 cm³/mol. The quantitative estimate of drug-likeness (QED) is 0.931. The maximum absolute atomic E-state index is 13.3. The molecule has 0 aliphatic heterocycles. The van der Waals surface area contributed by atoms with Crippen LogP contribution >= 0.6 is 0 Å². The van der Waals surface area contributed by atoms with Crippen molar-refractivity contribution < 1.29 is 14.2 Å². The van der Waals surface area contributed by atoms with Crippen molar-refractivity contribution in [3.05, 3.63) is 59.7 Å². The van der Waals surface area contributed by atoms with Crippen LogP contribution in [0.5, 0.6) is 5.75 Å². The molecule has 1 saturated carbocycles. The lowest BCUT2D eigenvalue weighted by Gasteiger charge is -2.24. The molecule has 20 heavy (non-hydrogen) atoms. The van der Waals surface area contributed by atoms with Crippen molar-refractivity contribution in [3.63, 3.8) is 0 Å². The molecule has 4 heteroatoms. The lowest BCUT2D eigenvalue weighted by molar-refractivity contribution is 0.101. The van der Waals surface area contributed by atoms with E-state index in [1.165, 1.54) is 12.3 Å². The van der Waals surface area contributed by atoms with Crippen molar-refractivity contribution in [2.45, 2.75) is 31.5 Å². The smallest absolute Gasteiger partial charge is 0.141 e. The first-order valence-electron chi connectivity index (χ1n) is 6.66. The molecule has 3 nitrogen and oxygen atoms in total. The van der Waals surface area contributed by atoms with Gasteiger partial charge in [-0.15, -0.1) is 0 Å². The van der Waals surface area contributed by atoms with E-state index in [9.17, 15) is 9.50 Å². The van der Waals surface area contributed by atoms with E-state index in [-0.39, 0.29) is 0 Å². The molecule has 1 atom stereocenters. The van der Waals surface area contributed by atoms with E-state index < -0.39 is 11.4 Å². The molecule has 0 bridgehead atoms. The highest BCUT2D eigenvalue weighted by Crippen LogP contribution is 2.33. The highest BCUT2D eigenvalue weighted by atomic mass is 19.1. The van der Waals surface area contributed by atoms with Gasteiger partial charge in [0, 0.05) is 11.8 Å². The number of pyridine rings is 1. The third kappa shape index (κ3) is 2.65. The van der Waals surface area contributed by atoms with Crippen LogP contribution in [0.3, 0.4) is 0 Å². The maximum atomic E-state index is 13.3. The molecule has 1 aromatic carbocycles. The van der Waals surface area contributed by atoms with E-state index in [4.69, 9.17) is 4.74 Å². The number of ether oxygens (including phenoxy) is 1. The average molecular weight is 273 g/mol. The summed E-state index contributed by atoms with van der Waals surface area (Å²) in [6.07, 6.45) is 5.04. The van der Waals surface area contributed by atoms with Gasteiger partial charge in [-0.25, -0.2) is 4.39 Å². The van der Waals surface area contributed by atoms with Gasteiger partial charge >= 0.3 is 0 Å². The Balaban J connectivity index is 1.93. The van der Waals surface area contributed by atoms with Crippen LogP contribution < -0.4 is 4.74 Å². The Hall–Kier alpha value is -1.94. The van der Waals surface area contributed by atoms with Crippen LogP contribution in [0.1, 0.15) is 30.9 Å². The molecule has 1 aliphatic carbocycles. The van der Waals surface area contributed by atoms with Gasteiger partial charge in [0.15, 0.2) is 0 Å². The molecule has 1 unspecified atom stereocenters. The minimum atomic E-state index is -1.31. The Morgan fingerprint density at radius 2 is 2.05 bits per heavy atom. The zero-order valence-corrected chi connectivity index (χ0v) is 11.2. The fraction of sp³-hybridized carbons (Fsp3) is 0.312. The molecule has 104 valence electrons. The van der Waals surface area contributed by atoms with Gasteiger partial charge in [-0.3, -0.25) is 4.98 Å². The third-order valence-corrected chi connectivity index (χ3v) is 3.49. The third-order valence-electron chi connectivity index (χ3n) is 3.49. The second-order valence-corrected chi connectivity index (χ2v) is 5.31. The molecule has 0 spiro atoms. The summed E-state index contributed by atoms with van der Waals surface area (Å²) in [7, 11) is 0. The molecule has 0 amide bonds. The average Bonchev–Trinajstić information content (AvgIpc) is 3.23.